The van der Waals surface area contributed by atoms with Crippen LogP contribution in [0.15, 0.2) is 30.5 Å². The monoisotopic (exact) mass is 318 g/mol. The smallest absolute Gasteiger partial charge is 0.303 e. The minimum Gasteiger partial charge on any atom is -0.481 e. The average Bonchev–Trinajstić information content (AvgIpc) is 2.92. The number of aromatic nitrogens is 1. The quantitative estimate of drug-likeness (QED) is 0.843. The van der Waals surface area contributed by atoms with Gasteiger partial charge in [-0.25, -0.2) is 4.98 Å². The molecule has 2 aromatic rings. The second kappa shape index (κ2) is 6.92. The Labute approximate surface area is 135 Å². The number of hydrogen-bond acceptors (Lipinski definition) is 4. The number of rotatable bonds is 6. The largest absolute Gasteiger partial charge is 0.481 e. The fraction of sp³-hybridized carbons (Fsp3) is 0.412. The minimum absolute atomic E-state index is 0.0830. The van der Waals surface area contributed by atoms with Gasteiger partial charge in [-0.1, -0.05) is 32.9 Å². The normalized spacial score (nSPS) is 11.4. The highest BCUT2D eigenvalue weighted by Gasteiger charge is 2.17. The Morgan fingerprint density at radius 3 is 2.77 bits per heavy atom. The van der Waals surface area contributed by atoms with E-state index < -0.39 is 5.97 Å². The molecule has 2 rings (SSSR count). The third kappa shape index (κ3) is 4.84. The molecule has 1 aromatic heterocycles. The molecule has 0 fully saturated rings. The number of hydrogen-bond donors (Lipinski definition) is 2. The van der Waals surface area contributed by atoms with Crippen molar-refractivity contribution in [3.63, 3.8) is 0 Å². The van der Waals surface area contributed by atoms with Gasteiger partial charge in [0.1, 0.15) is 0 Å². The predicted molar refractivity (Wildman–Crippen MR) is 90.5 cm³/mol. The molecule has 0 aliphatic rings. The van der Waals surface area contributed by atoms with Crippen molar-refractivity contribution in [2.45, 2.75) is 45.6 Å². The van der Waals surface area contributed by atoms with Gasteiger partial charge >= 0.3 is 5.97 Å². The lowest BCUT2D eigenvalue weighted by molar-refractivity contribution is -0.136. The van der Waals surface area contributed by atoms with E-state index in [1.54, 1.807) is 11.3 Å². The summed E-state index contributed by atoms with van der Waals surface area (Å²) in [7, 11) is 0. The number of benzene rings is 1. The lowest BCUT2D eigenvalue weighted by atomic mass is 9.98. The SMILES string of the molecule is CC(C)(C)c1ncc(CNc2cccc(CCC(=O)O)c2)s1. The molecule has 0 aliphatic heterocycles. The first-order chi connectivity index (χ1) is 10.3. The van der Waals surface area contributed by atoms with Gasteiger partial charge in [0.2, 0.25) is 0 Å². The van der Waals surface area contributed by atoms with Gasteiger partial charge in [-0.2, -0.15) is 0 Å². The average molecular weight is 318 g/mol. The van der Waals surface area contributed by atoms with Crippen LogP contribution in [0.25, 0.3) is 0 Å². The molecule has 0 saturated heterocycles. The molecule has 0 radical (unpaired) electrons. The predicted octanol–water partition coefficient (Wildman–Crippen LogP) is 4.07. The topological polar surface area (TPSA) is 62.2 Å². The first-order valence-electron chi connectivity index (χ1n) is 7.34. The molecule has 0 amide bonds. The van der Waals surface area contributed by atoms with Crippen molar-refractivity contribution in [2.24, 2.45) is 0 Å². The molecule has 1 aromatic carbocycles. The van der Waals surface area contributed by atoms with Crippen molar-refractivity contribution >= 4 is 23.0 Å². The van der Waals surface area contributed by atoms with Gasteiger partial charge in [-0.05, 0) is 24.1 Å². The van der Waals surface area contributed by atoms with E-state index in [1.165, 1.54) is 4.88 Å². The van der Waals surface area contributed by atoms with E-state index in [1.807, 2.05) is 30.5 Å². The molecule has 0 spiro atoms. The third-order valence-corrected chi connectivity index (χ3v) is 4.64. The Bertz CT molecular complexity index is 644. The molecular formula is C17H22N2O2S. The molecule has 2 N–H and O–H groups in total. The lowest BCUT2D eigenvalue weighted by Gasteiger charge is -2.13. The molecule has 0 saturated carbocycles. The maximum absolute atomic E-state index is 10.6. The van der Waals surface area contributed by atoms with Gasteiger partial charge in [0.25, 0.3) is 0 Å². The Morgan fingerprint density at radius 2 is 2.14 bits per heavy atom. The zero-order valence-electron chi connectivity index (χ0n) is 13.2. The Kier molecular flexibility index (Phi) is 5.19. The van der Waals surface area contributed by atoms with Crippen LogP contribution in [0.3, 0.4) is 0 Å². The Morgan fingerprint density at radius 1 is 1.36 bits per heavy atom. The number of aliphatic carboxylic acids is 1. The van der Waals surface area contributed by atoms with Gasteiger partial charge in [-0.15, -0.1) is 11.3 Å². The standard InChI is InChI=1S/C17H22N2O2S/c1-17(2,3)16-19-11-14(22-16)10-18-13-6-4-5-12(9-13)7-8-15(20)21/h4-6,9,11,18H,7-8,10H2,1-3H3,(H,20,21). The summed E-state index contributed by atoms with van der Waals surface area (Å²) >= 11 is 1.73. The van der Waals surface area contributed by atoms with Crippen LogP contribution in [0, 0.1) is 0 Å². The second-order valence-electron chi connectivity index (χ2n) is 6.33. The van der Waals surface area contributed by atoms with E-state index in [2.05, 4.69) is 31.1 Å². The molecular weight excluding hydrogens is 296 g/mol. The lowest BCUT2D eigenvalue weighted by Crippen LogP contribution is -2.09. The van der Waals surface area contributed by atoms with Gasteiger partial charge in [0.15, 0.2) is 0 Å². The van der Waals surface area contributed by atoms with Crippen LogP contribution in [0.1, 0.15) is 42.6 Å². The van der Waals surface area contributed by atoms with Crippen molar-refractivity contribution in [3.05, 3.63) is 45.9 Å². The molecule has 0 atom stereocenters. The Balaban J connectivity index is 1.95. The summed E-state index contributed by atoms with van der Waals surface area (Å²) in [6, 6.07) is 7.91. The number of anilines is 1. The third-order valence-electron chi connectivity index (χ3n) is 3.22. The fourth-order valence-corrected chi connectivity index (χ4v) is 2.92. The van der Waals surface area contributed by atoms with Crippen LogP contribution in [0.5, 0.6) is 0 Å². The summed E-state index contributed by atoms with van der Waals surface area (Å²) in [6.07, 6.45) is 2.64. The van der Waals surface area contributed by atoms with Crippen LogP contribution in [-0.4, -0.2) is 16.1 Å². The number of aryl methyl sites for hydroxylation is 1. The summed E-state index contributed by atoms with van der Waals surface area (Å²) in [5, 5.41) is 13.3. The zero-order chi connectivity index (χ0) is 16.2. The van der Waals surface area contributed by atoms with Crippen molar-refractivity contribution in [3.8, 4) is 0 Å². The Hall–Kier alpha value is -1.88. The van der Waals surface area contributed by atoms with Gasteiger partial charge in [0, 0.05) is 28.6 Å². The van der Waals surface area contributed by atoms with E-state index in [-0.39, 0.29) is 11.8 Å². The highest BCUT2D eigenvalue weighted by Crippen LogP contribution is 2.27. The van der Waals surface area contributed by atoms with Crippen LogP contribution in [0.4, 0.5) is 5.69 Å². The number of nitrogens with zero attached hydrogens (tertiary/aromatic N) is 1. The highest BCUT2D eigenvalue weighted by atomic mass is 32.1. The fourth-order valence-electron chi connectivity index (χ4n) is 2.01. The first-order valence-corrected chi connectivity index (χ1v) is 8.16. The summed E-state index contributed by atoms with van der Waals surface area (Å²) in [5.41, 5.74) is 2.13. The maximum atomic E-state index is 10.6. The number of nitrogens with one attached hydrogen (secondary N) is 1. The second-order valence-corrected chi connectivity index (χ2v) is 7.44. The van der Waals surface area contributed by atoms with Crippen molar-refractivity contribution in [2.75, 3.05) is 5.32 Å². The summed E-state index contributed by atoms with van der Waals surface area (Å²) in [5.74, 6) is -0.766. The van der Waals surface area contributed by atoms with Gasteiger partial charge in [-0.3, -0.25) is 4.79 Å². The van der Waals surface area contributed by atoms with Crippen LogP contribution < -0.4 is 5.32 Å². The number of carboxylic acid groups (broad SMARTS) is 1. The van der Waals surface area contributed by atoms with E-state index in [9.17, 15) is 4.79 Å². The molecule has 1 heterocycles. The highest BCUT2D eigenvalue weighted by molar-refractivity contribution is 7.11. The molecule has 0 unspecified atom stereocenters. The zero-order valence-corrected chi connectivity index (χ0v) is 14.0. The van der Waals surface area contributed by atoms with Gasteiger partial charge < -0.3 is 10.4 Å². The van der Waals surface area contributed by atoms with E-state index in [0.717, 1.165) is 22.8 Å². The number of thiazole rings is 1. The molecule has 22 heavy (non-hydrogen) atoms. The molecule has 0 aliphatic carbocycles. The van der Waals surface area contributed by atoms with E-state index >= 15 is 0 Å². The van der Waals surface area contributed by atoms with Crippen molar-refractivity contribution in [1.29, 1.82) is 0 Å². The van der Waals surface area contributed by atoms with E-state index in [4.69, 9.17) is 5.11 Å². The number of carboxylic acids is 1. The molecule has 4 nitrogen and oxygen atoms in total. The van der Waals surface area contributed by atoms with Crippen LogP contribution in [-0.2, 0) is 23.2 Å². The van der Waals surface area contributed by atoms with Crippen molar-refractivity contribution in [1.82, 2.24) is 4.98 Å². The minimum atomic E-state index is -0.766. The summed E-state index contributed by atoms with van der Waals surface area (Å²) < 4.78 is 0. The van der Waals surface area contributed by atoms with Crippen LogP contribution >= 0.6 is 11.3 Å². The molecule has 5 heteroatoms. The van der Waals surface area contributed by atoms with Crippen molar-refractivity contribution < 1.29 is 9.90 Å². The summed E-state index contributed by atoms with van der Waals surface area (Å²) in [6.45, 7) is 7.22. The summed E-state index contributed by atoms with van der Waals surface area (Å²) in [4.78, 5) is 16.3. The van der Waals surface area contributed by atoms with Gasteiger partial charge in [0.05, 0.1) is 11.6 Å². The van der Waals surface area contributed by atoms with E-state index in [0.29, 0.717) is 6.42 Å². The molecule has 0 bridgehead atoms. The van der Waals surface area contributed by atoms with Crippen LogP contribution in [0.2, 0.25) is 0 Å². The maximum Gasteiger partial charge on any atom is 0.303 e. The number of carbonyl (C=O) groups is 1. The first kappa shape index (κ1) is 16.5. The molecule has 118 valence electrons.